The Kier molecular flexibility index (Phi) is 5.87. The molecule has 152 valence electrons. The van der Waals surface area contributed by atoms with Gasteiger partial charge in [0.1, 0.15) is 0 Å². The molecular weight excluding hydrogens is 462 g/mol. The van der Waals surface area contributed by atoms with E-state index in [9.17, 15) is 4.79 Å². The highest BCUT2D eigenvalue weighted by atomic mass is 79.9. The Morgan fingerprint density at radius 2 is 1.90 bits per heavy atom. The minimum atomic E-state index is -0.132. The first-order valence-electron chi connectivity index (χ1n) is 9.40. The molecule has 30 heavy (non-hydrogen) atoms. The van der Waals surface area contributed by atoms with Crippen LogP contribution in [0.5, 0.6) is 0 Å². The van der Waals surface area contributed by atoms with Gasteiger partial charge in [-0.15, -0.1) is 5.10 Å². The van der Waals surface area contributed by atoms with Gasteiger partial charge >= 0.3 is 0 Å². The number of aryl methyl sites for hydroxylation is 3. The number of benzene rings is 2. The van der Waals surface area contributed by atoms with Gasteiger partial charge in [0, 0.05) is 32.9 Å². The topological polar surface area (TPSA) is 72.2 Å². The minimum Gasteiger partial charge on any atom is -0.322 e. The molecule has 0 saturated carbocycles. The van der Waals surface area contributed by atoms with Crippen molar-refractivity contribution in [3.05, 3.63) is 81.1 Å². The third-order valence-electron chi connectivity index (χ3n) is 4.65. The Morgan fingerprint density at radius 3 is 2.70 bits per heavy atom. The van der Waals surface area contributed by atoms with Crippen LogP contribution in [0.4, 0.5) is 5.69 Å². The molecule has 0 atom stereocenters. The maximum absolute atomic E-state index is 12.9. The number of nitrogens with one attached hydrogen (secondary N) is 1. The summed E-state index contributed by atoms with van der Waals surface area (Å²) in [6.07, 6.45) is 0. The van der Waals surface area contributed by atoms with Gasteiger partial charge in [0.25, 0.3) is 11.7 Å². The molecule has 2 aromatic carbocycles. The zero-order valence-electron chi connectivity index (χ0n) is 16.8. The first-order valence-corrected chi connectivity index (χ1v) is 11.2. The van der Waals surface area contributed by atoms with Crippen molar-refractivity contribution in [1.29, 1.82) is 0 Å². The average Bonchev–Trinajstić information content (AvgIpc) is 3.12. The van der Waals surface area contributed by atoms with Gasteiger partial charge in [-0.2, -0.15) is 4.98 Å². The maximum atomic E-state index is 12.9. The van der Waals surface area contributed by atoms with E-state index in [4.69, 9.17) is 0 Å². The summed E-state index contributed by atoms with van der Waals surface area (Å²) in [4.78, 5) is 21.9. The summed E-state index contributed by atoms with van der Waals surface area (Å²) in [7, 11) is 0. The quantitative estimate of drug-likeness (QED) is 0.388. The van der Waals surface area contributed by atoms with Gasteiger partial charge in [-0.3, -0.25) is 4.79 Å². The fourth-order valence-electron chi connectivity index (χ4n) is 3.18. The number of amides is 1. The predicted octanol–water partition coefficient (Wildman–Crippen LogP) is 5.36. The summed E-state index contributed by atoms with van der Waals surface area (Å²) in [6, 6.07) is 15.4. The molecule has 0 saturated heterocycles. The summed E-state index contributed by atoms with van der Waals surface area (Å²) in [6.45, 7) is 5.89. The normalized spacial score (nSPS) is 11.1. The van der Waals surface area contributed by atoms with Crippen LogP contribution in [0, 0.1) is 20.8 Å². The lowest BCUT2D eigenvalue weighted by atomic mass is 10.1. The SMILES string of the molecule is Cc1cc(C)n2nc(SCc3ccccc3C(=O)Nc3ccc(Br)cc3C)nc2n1. The molecule has 0 aliphatic carbocycles. The standard InChI is InChI=1S/C22H20BrN5OS/c1-13-10-17(23)8-9-19(13)25-20(29)18-7-5-4-6-16(18)12-30-22-26-21-24-14(2)11-15(3)28(21)27-22/h4-11H,12H2,1-3H3,(H,25,29). The van der Waals surface area contributed by atoms with Gasteiger partial charge in [-0.1, -0.05) is 45.9 Å². The molecule has 0 fully saturated rings. The van der Waals surface area contributed by atoms with E-state index < -0.39 is 0 Å². The molecule has 4 rings (SSSR count). The van der Waals surface area contributed by atoms with Crippen LogP contribution in [0.3, 0.4) is 0 Å². The van der Waals surface area contributed by atoms with E-state index in [2.05, 4.69) is 36.3 Å². The summed E-state index contributed by atoms with van der Waals surface area (Å²) in [5.41, 5.74) is 5.26. The Balaban J connectivity index is 1.53. The number of carbonyl (C=O) groups excluding carboxylic acids is 1. The molecule has 0 aliphatic rings. The Bertz CT molecular complexity index is 1250. The second-order valence-corrected chi connectivity index (χ2v) is 8.86. The molecule has 0 radical (unpaired) electrons. The lowest BCUT2D eigenvalue weighted by molar-refractivity contribution is 0.102. The predicted molar refractivity (Wildman–Crippen MR) is 123 cm³/mol. The van der Waals surface area contributed by atoms with E-state index in [-0.39, 0.29) is 5.91 Å². The van der Waals surface area contributed by atoms with E-state index in [1.165, 1.54) is 11.8 Å². The smallest absolute Gasteiger partial charge is 0.255 e. The molecule has 0 aliphatic heterocycles. The number of rotatable bonds is 5. The van der Waals surface area contributed by atoms with Crippen molar-refractivity contribution in [3.63, 3.8) is 0 Å². The average molecular weight is 482 g/mol. The number of nitrogens with zero attached hydrogens (tertiary/aromatic N) is 4. The fraction of sp³-hybridized carbons (Fsp3) is 0.182. The summed E-state index contributed by atoms with van der Waals surface area (Å²) < 4.78 is 2.72. The zero-order valence-corrected chi connectivity index (χ0v) is 19.2. The second kappa shape index (κ2) is 8.57. The highest BCUT2D eigenvalue weighted by Gasteiger charge is 2.14. The van der Waals surface area contributed by atoms with Gasteiger partial charge in [0.15, 0.2) is 0 Å². The second-order valence-electron chi connectivity index (χ2n) is 7.00. The number of fused-ring (bicyclic) bond motifs is 1. The Hall–Kier alpha value is -2.71. The lowest BCUT2D eigenvalue weighted by Crippen LogP contribution is -2.14. The molecule has 0 unspecified atom stereocenters. The largest absolute Gasteiger partial charge is 0.322 e. The molecule has 1 amide bonds. The fourth-order valence-corrected chi connectivity index (χ4v) is 4.47. The molecule has 1 N–H and O–H groups in total. The number of carbonyl (C=O) groups is 1. The first kappa shape index (κ1) is 20.6. The van der Waals surface area contributed by atoms with E-state index >= 15 is 0 Å². The Morgan fingerprint density at radius 1 is 1.10 bits per heavy atom. The first-order chi connectivity index (χ1) is 14.4. The lowest BCUT2D eigenvalue weighted by Gasteiger charge is -2.11. The van der Waals surface area contributed by atoms with E-state index in [0.29, 0.717) is 22.3 Å². The molecule has 4 aromatic rings. The number of thioether (sulfide) groups is 1. The van der Waals surface area contributed by atoms with Gasteiger partial charge in [-0.25, -0.2) is 9.50 Å². The molecule has 0 bridgehead atoms. The van der Waals surface area contributed by atoms with Crippen molar-refractivity contribution in [1.82, 2.24) is 19.6 Å². The van der Waals surface area contributed by atoms with Crippen LogP contribution >= 0.6 is 27.7 Å². The van der Waals surface area contributed by atoms with Crippen LogP contribution in [0.2, 0.25) is 0 Å². The number of hydrogen-bond donors (Lipinski definition) is 1. The van der Waals surface area contributed by atoms with Crippen LogP contribution in [0.1, 0.15) is 32.9 Å². The number of anilines is 1. The highest BCUT2D eigenvalue weighted by molar-refractivity contribution is 9.10. The van der Waals surface area contributed by atoms with Gasteiger partial charge in [0.2, 0.25) is 5.16 Å². The molecular formula is C22H20BrN5OS. The number of hydrogen-bond acceptors (Lipinski definition) is 5. The number of halogens is 1. The minimum absolute atomic E-state index is 0.132. The molecule has 2 heterocycles. The monoisotopic (exact) mass is 481 g/mol. The van der Waals surface area contributed by atoms with Crippen molar-refractivity contribution in [2.24, 2.45) is 0 Å². The van der Waals surface area contributed by atoms with Crippen LogP contribution in [0.25, 0.3) is 5.78 Å². The van der Waals surface area contributed by atoms with Crippen LogP contribution in [-0.4, -0.2) is 25.5 Å². The zero-order chi connectivity index (χ0) is 21.3. The molecule has 8 heteroatoms. The highest BCUT2D eigenvalue weighted by Crippen LogP contribution is 2.25. The Labute approximate surface area is 187 Å². The van der Waals surface area contributed by atoms with Crippen LogP contribution in [0.15, 0.2) is 58.2 Å². The van der Waals surface area contributed by atoms with Gasteiger partial charge < -0.3 is 5.32 Å². The third kappa shape index (κ3) is 4.39. The van der Waals surface area contributed by atoms with E-state index in [1.54, 1.807) is 4.52 Å². The van der Waals surface area contributed by atoms with Crippen molar-refractivity contribution in [2.45, 2.75) is 31.7 Å². The summed E-state index contributed by atoms with van der Waals surface area (Å²) in [5.74, 6) is 1.04. The van der Waals surface area contributed by atoms with Gasteiger partial charge in [0.05, 0.1) is 0 Å². The van der Waals surface area contributed by atoms with Crippen molar-refractivity contribution >= 4 is 45.1 Å². The van der Waals surface area contributed by atoms with Crippen molar-refractivity contribution in [3.8, 4) is 0 Å². The van der Waals surface area contributed by atoms with Gasteiger partial charge in [-0.05, 0) is 62.2 Å². The maximum Gasteiger partial charge on any atom is 0.255 e. The molecule has 6 nitrogen and oxygen atoms in total. The van der Waals surface area contributed by atoms with Crippen molar-refractivity contribution < 1.29 is 4.79 Å². The third-order valence-corrected chi connectivity index (χ3v) is 6.03. The molecule has 0 spiro atoms. The summed E-state index contributed by atoms with van der Waals surface area (Å²) >= 11 is 4.94. The summed E-state index contributed by atoms with van der Waals surface area (Å²) in [5, 5.41) is 8.18. The van der Waals surface area contributed by atoms with E-state index in [1.807, 2.05) is 69.3 Å². The van der Waals surface area contributed by atoms with Crippen LogP contribution in [-0.2, 0) is 5.75 Å². The molecule has 2 aromatic heterocycles. The van der Waals surface area contributed by atoms with E-state index in [0.717, 1.165) is 32.7 Å². The van der Waals surface area contributed by atoms with Crippen LogP contribution < -0.4 is 5.32 Å². The number of aromatic nitrogens is 4. The van der Waals surface area contributed by atoms with Crippen molar-refractivity contribution in [2.75, 3.05) is 5.32 Å².